The third-order valence-corrected chi connectivity index (χ3v) is 14.1. The Kier molecular flexibility index (Phi) is 9.11. The number of para-hydroxylation sites is 2. The molecule has 0 saturated carbocycles. The molecule has 1 aromatic heterocycles. The van der Waals surface area contributed by atoms with Gasteiger partial charge in [-0.1, -0.05) is 206 Å². The second kappa shape index (κ2) is 15.8. The van der Waals surface area contributed by atoms with E-state index < -0.39 is 5.41 Å². The van der Waals surface area contributed by atoms with Gasteiger partial charge in [0.25, 0.3) is 0 Å². The minimum Gasteiger partial charge on any atom is -0.310 e. The standard InChI is InChI=1S/C65H44N2/c1-5-19-45(20-6-1)46-33-36-51(37-34-46)66(50-25-11-4-12-26-50)63-42-40-53(54-27-13-14-29-57(54)63)47-35-41-64-59(43-47)58-30-16-18-32-62(58)67(64)52-38-39-56-55-28-15-17-31-60(55)65(61(56)44-52,48-21-7-2-8-22-48)49-23-9-3-10-24-49/h1-44H. The van der Waals surface area contributed by atoms with Crippen LogP contribution in [-0.4, -0.2) is 4.57 Å². The van der Waals surface area contributed by atoms with Gasteiger partial charge in [-0.3, -0.25) is 0 Å². The van der Waals surface area contributed by atoms with Crippen molar-refractivity contribution in [2.45, 2.75) is 5.41 Å². The molecule has 1 heterocycles. The van der Waals surface area contributed by atoms with Crippen molar-refractivity contribution in [3.05, 3.63) is 289 Å². The van der Waals surface area contributed by atoms with Crippen LogP contribution in [0.1, 0.15) is 22.3 Å². The smallest absolute Gasteiger partial charge is 0.0714 e. The molecule has 1 aliphatic carbocycles. The van der Waals surface area contributed by atoms with E-state index in [2.05, 4.69) is 276 Å². The monoisotopic (exact) mass is 852 g/mol. The summed E-state index contributed by atoms with van der Waals surface area (Å²) in [6, 6.07) is 98.0. The molecule has 0 amide bonds. The van der Waals surface area contributed by atoms with Gasteiger partial charge in [-0.2, -0.15) is 0 Å². The number of hydrogen-bond donors (Lipinski definition) is 0. The molecule has 0 atom stereocenters. The Morgan fingerprint density at radius 3 is 1.55 bits per heavy atom. The first-order valence-electron chi connectivity index (χ1n) is 23.2. The van der Waals surface area contributed by atoms with E-state index in [9.17, 15) is 0 Å². The maximum absolute atomic E-state index is 2.47. The molecule has 0 aliphatic heterocycles. The lowest BCUT2D eigenvalue weighted by molar-refractivity contribution is 0.767. The third-order valence-electron chi connectivity index (χ3n) is 14.1. The molecule has 0 bridgehead atoms. The summed E-state index contributed by atoms with van der Waals surface area (Å²) in [6.45, 7) is 0. The van der Waals surface area contributed by atoms with Gasteiger partial charge in [0.2, 0.25) is 0 Å². The topological polar surface area (TPSA) is 8.17 Å². The summed E-state index contributed by atoms with van der Waals surface area (Å²) in [5.41, 5.74) is 18.9. The lowest BCUT2D eigenvalue weighted by atomic mass is 9.67. The summed E-state index contributed by atoms with van der Waals surface area (Å²) in [6.07, 6.45) is 0. The van der Waals surface area contributed by atoms with Gasteiger partial charge in [0.1, 0.15) is 0 Å². The summed E-state index contributed by atoms with van der Waals surface area (Å²) < 4.78 is 2.47. The zero-order chi connectivity index (χ0) is 44.3. The molecule has 0 saturated heterocycles. The molecule has 314 valence electrons. The van der Waals surface area contributed by atoms with Crippen LogP contribution in [0.5, 0.6) is 0 Å². The van der Waals surface area contributed by atoms with Gasteiger partial charge < -0.3 is 9.47 Å². The van der Waals surface area contributed by atoms with Crippen molar-refractivity contribution >= 4 is 49.6 Å². The van der Waals surface area contributed by atoms with Crippen LogP contribution in [0.4, 0.5) is 17.1 Å². The quantitative estimate of drug-likeness (QED) is 0.148. The van der Waals surface area contributed by atoms with Gasteiger partial charge in [0.05, 0.1) is 22.1 Å². The van der Waals surface area contributed by atoms with E-state index in [0.29, 0.717) is 0 Å². The summed E-state index contributed by atoms with van der Waals surface area (Å²) in [7, 11) is 0. The Hall–Kier alpha value is -8.72. The Balaban J connectivity index is 0.965. The number of rotatable bonds is 8. The van der Waals surface area contributed by atoms with E-state index >= 15 is 0 Å². The molecule has 13 rings (SSSR count). The van der Waals surface area contributed by atoms with Gasteiger partial charge in [0.15, 0.2) is 0 Å². The fourth-order valence-corrected chi connectivity index (χ4v) is 11.2. The van der Waals surface area contributed by atoms with Crippen LogP contribution in [0.15, 0.2) is 267 Å². The van der Waals surface area contributed by atoms with Crippen LogP contribution >= 0.6 is 0 Å². The van der Waals surface area contributed by atoms with Gasteiger partial charge in [-0.05, 0) is 122 Å². The van der Waals surface area contributed by atoms with Gasteiger partial charge in [0, 0.05) is 33.2 Å². The number of fused-ring (bicyclic) bond motifs is 7. The first-order valence-corrected chi connectivity index (χ1v) is 23.2. The Morgan fingerprint density at radius 2 is 0.821 bits per heavy atom. The first-order chi connectivity index (χ1) is 33.3. The summed E-state index contributed by atoms with van der Waals surface area (Å²) in [5, 5.41) is 4.86. The molecule has 0 unspecified atom stereocenters. The average Bonchev–Trinajstić information content (AvgIpc) is 3.90. The largest absolute Gasteiger partial charge is 0.310 e. The Bertz CT molecular complexity index is 3740. The van der Waals surface area contributed by atoms with Crippen molar-refractivity contribution in [3.8, 4) is 39.1 Å². The molecular formula is C65H44N2. The van der Waals surface area contributed by atoms with E-state index in [1.54, 1.807) is 0 Å². The normalized spacial score (nSPS) is 12.6. The predicted molar refractivity (Wildman–Crippen MR) is 281 cm³/mol. The average molecular weight is 853 g/mol. The molecule has 0 radical (unpaired) electrons. The lowest BCUT2D eigenvalue weighted by Crippen LogP contribution is -2.28. The van der Waals surface area contributed by atoms with E-state index in [0.717, 1.165) is 22.7 Å². The molecule has 0 spiro atoms. The van der Waals surface area contributed by atoms with Crippen LogP contribution < -0.4 is 4.90 Å². The maximum Gasteiger partial charge on any atom is 0.0714 e. The number of benzene rings is 11. The second-order valence-corrected chi connectivity index (χ2v) is 17.6. The Labute approximate surface area is 390 Å². The fraction of sp³-hybridized carbons (Fsp3) is 0.0154. The molecule has 0 N–H and O–H groups in total. The molecule has 12 aromatic rings. The Morgan fingerprint density at radius 1 is 0.299 bits per heavy atom. The lowest BCUT2D eigenvalue weighted by Gasteiger charge is -2.34. The van der Waals surface area contributed by atoms with E-state index in [4.69, 9.17) is 0 Å². The highest BCUT2D eigenvalue weighted by Gasteiger charge is 2.46. The van der Waals surface area contributed by atoms with Crippen molar-refractivity contribution in [2.75, 3.05) is 4.90 Å². The second-order valence-electron chi connectivity index (χ2n) is 17.6. The minimum atomic E-state index is -0.481. The number of anilines is 3. The number of nitrogens with zero attached hydrogens (tertiary/aromatic N) is 2. The van der Waals surface area contributed by atoms with Crippen molar-refractivity contribution < 1.29 is 0 Å². The maximum atomic E-state index is 2.47. The van der Waals surface area contributed by atoms with Gasteiger partial charge in [-0.15, -0.1) is 0 Å². The highest BCUT2D eigenvalue weighted by atomic mass is 15.1. The van der Waals surface area contributed by atoms with E-state index in [-0.39, 0.29) is 0 Å². The molecule has 11 aromatic carbocycles. The van der Waals surface area contributed by atoms with E-state index in [1.165, 1.54) is 88.2 Å². The van der Waals surface area contributed by atoms with Gasteiger partial charge in [-0.25, -0.2) is 0 Å². The van der Waals surface area contributed by atoms with Crippen molar-refractivity contribution in [1.29, 1.82) is 0 Å². The zero-order valence-electron chi connectivity index (χ0n) is 36.8. The molecule has 0 fully saturated rings. The predicted octanol–water partition coefficient (Wildman–Crippen LogP) is 17.1. The van der Waals surface area contributed by atoms with Crippen LogP contribution in [0, 0.1) is 0 Å². The van der Waals surface area contributed by atoms with Crippen LogP contribution in [0.25, 0.3) is 71.6 Å². The van der Waals surface area contributed by atoms with E-state index in [1.807, 2.05) is 0 Å². The molecule has 2 nitrogen and oxygen atoms in total. The highest BCUT2D eigenvalue weighted by molar-refractivity contribution is 6.12. The van der Waals surface area contributed by atoms with Gasteiger partial charge >= 0.3 is 0 Å². The number of hydrogen-bond acceptors (Lipinski definition) is 1. The van der Waals surface area contributed by atoms with Crippen LogP contribution in [0.3, 0.4) is 0 Å². The first kappa shape index (κ1) is 38.7. The molecule has 2 heteroatoms. The zero-order valence-corrected chi connectivity index (χ0v) is 36.8. The third kappa shape index (κ3) is 6.11. The molecule has 1 aliphatic rings. The fourth-order valence-electron chi connectivity index (χ4n) is 11.2. The summed E-state index contributed by atoms with van der Waals surface area (Å²) in [5.74, 6) is 0. The van der Waals surface area contributed by atoms with Crippen LogP contribution in [-0.2, 0) is 5.41 Å². The van der Waals surface area contributed by atoms with Crippen LogP contribution in [0.2, 0.25) is 0 Å². The highest BCUT2D eigenvalue weighted by Crippen LogP contribution is 2.56. The molecular weight excluding hydrogens is 809 g/mol. The van der Waals surface area contributed by atoms with Crippen molar-refractivity contribution in [3.63, 3.8) is 0 Å². The van der Waals surface area contributed by atoms with Crippen molar-refractivity contribution in [1.82, 2.24) is 4.57 Å². The SMILES string of the molecule is c1ccc(-c2ccc(N(c3ccccc3)c3ccc(-c4ccc5c(c4)c4ccccc4n5-c4ccc5c(c4)C(c4ccccc4)(c4ccccc4)c4ccccc4-5)c4ccccc34)cc2)cc1. The number of aromatic nitrogens is 1. The summed E-state index contributed by atoms with van der Waals surface area (Å²) in [4.78, 5) is 2.39. The molecule has 67 heavy (non-hydrogen) atoms. The minimum absolute atomic E-state index is 0.481. The summed E-state index contributed by atoms with van der Waals surface area (Å²) >= 11 is 0. The van der Waals surface area contributed by atoms with Crippen molar-refractivity contribution in [2.24, 2.45) is 0 Å².